The van der Waals surface area contributed by atoms with Gasteiger partial charge in [0, 0.05) is 0 Å². The third-order valence-corrected chi connectivity index (χ3v) is 1.19. The van der Waals surface area contributed by atoms with Crippen LogP contribution in [0.2, 0.25) is 0 Å². The van der Waals surface area contributed by atoms with E-state index in [0.29, 0.717) is 6.42 Å². The molecule has 0 heterocycles. The molecule has 0 spiro atoms. The summed E-state index contributed by atoms with van der Waals surface area (Å²) in [5, 5.41) is 0. The van der Waals surface area contributed by atoms with Crippen LogP contribution in [0.25, 0.3) is 0 Å². The van der Waals surface area contributed by atoms with E-state index in [1.807, 2.05) is 6.92 Å². The minimum absolute atomic E-state index is 0. The Morgan fingerprint density at radius 3 is 2.08 bits per heavy atom. The van der Waals surface area contributed by atoms with Crippen LogP contribution in [-0.2, 0) is 14.6 Å². The zero-order valence-corrected chi connectivity index (χ0v) is 7.23. The Labute approximate surface area is 94.8 Å². The Balaban J connectivity index is -0.000000107. The summed E-state index contributed by atoms with van der Waals surface area (Å²) in [6, 6.07) is 0. The van der Waals surface area contributed by atoms with Gasteiger partial charge in [-0.2, -0.15) is 8.42 Å². The van der Waals surface area contributed by atoms with Crippen molar-refractivity contribution in [2.24, 2.45) is 0 Å². The second-order valence-corrected chi connectivity index (χ2v) is 2.69. The number of hydrogen-bond donors (Lipinski definition) is 2. The Morgan fingerprint density at radius 1 is 1.42 bits per heavy atom. The topological polar surface area (TPSA) is 130 Å². The van der Waals surface area contributed by atoms with E-state index in [1.165, 1.54) is 0 Å². The fourth-order valence-electron chi connectivity index (χ4n) is 0.309. The first kappa shape index (κ1) is 23.0. The number of unbranched alkanes of at least 4 members (excludes halogenated alkanes) is 1. The summed E-state index contributed by atoms with van der Waals surface area (Å²) in [6.07, 6.45) is 1.48. The van der Waals surface area contributed by atoms with Crippen LogP contribution in [0.4, 0.5) is 0 Å². The van der Waals surface area contributed by atoms with Gasteiger partial charge in [0.05, 0.1) is 6.61 Å². The Morgan fingerprint density at radius 2 is 1.83 bits per heavy atom. The van der Waals surface area contributed by atoms with E-state index in [0.717, 1.165) is 6.42 Å². The summed E-state index contributed by atoms with van der Waals surface area (Å²) in [5.74, 6) is 0. The molecule has 12 heavy (non-hydrogen) atoms. The van der Waals surface area contributed by atoms with Crippen molar-refractivity contribution in [3.63, 3.8) is 0 Å². The fraction of sp³-hybridized carbons (Fsp3) is 1.00. The fourth-order valence-corrected chi connectivity index (χ4v) is 0.637. The molecule has 0 radical (unpaired) electrons. The predicted octanol–water partition coefficient (Wildman–Crippen LogP) is -0.705. The molecule has 0 atom stereocenters. The van der Waals surface area contributed by atoms with Gasteiger partial charge in [-0.3, -0.25) is 4.55 Å². The van der Waals surface area contributed by atoms with Crippen LogP contribution < -0.4 is 6.15 Å². The van der Waals surface area contributed by atoms with Gasteiger partial charge in [-0.25, -0.2) is 4.18 Å². The zero-order chi connectivity index (χ0) is 7.33. The average molecular weight is 213 g/mol. The number of rotatable bonds is 4. The molecular formula is C4H16NNaO5S. The van der Waals surface area contributed by atoms with E-state index in [9.17, 15) is 8.42 Å². The molecule has 0 aliphatic carbocycles. The minimum atomic E-state index is -4.20. The van der Waals surface area contributed by atoms with Crippen LogP contribution >= 0.6 is 0 Å². The molecule has 0 aromatic carbocycles. The van der Waals surface area contributed by atoms with E-state index in [4.69, 9.17) is 4.55 Å². The van der Waals surface area contributed by atoms with Crippen molar-refractivity contribution in [3.8, 4) is 0 Å². The number of hydrogen-bond acceptors (Lipinski definition) is 4. The third-order valence-electron chi connectivity index (χ3n) is 0.730. The van der Waals surface area contributed by atoms with E-state index < -0.39 is 10.4 Å². The zero-order valence-electron chi connectivity index (χ0n) is 6.41. The van der Waals surface area contributed by atoms with Crippen LogP contribution in [0, 0.1) is 0 Å². The van der Waals surface area contributed by atoms with E-state index in [-0.39, 0.29) is 47.8 Å². The molecule has 0 aromatic heterocycles. The summed E-state index contributed by atoms with van der Waals surface area (Å²) < 4.78 is 31.7. The average Bonchev–Trinajstić information content (AvgIpc) is 1.63. The van der Waals surface area contributed by atoms with Crippen LogP contribution in [0.5, 0.6) is 0 Å². The van der Waals surface area contributed by atoms with Gasteiger partial charge in [0.2, 0.25) is 0 Å². The molecular weight excluding hydrogens is 197 g/mol. The molecule has 0 aromatic rings. The molecule has 0 saturated heterocycles. The Kier molecular flexibility index (Phi) is 22.6. The summed E-state index contributed by atoms with van der Waals surface area (Å²) >= 11 is 0. The first-order valence-corrected chi connectivity index (χ1v) is 4.04. The van der Waals surface area contributed by atoms with Gasteiger partial charge in [-0.1, -0.05) is 13.3 Å². The van der Waals surface area contributed by atoms with Crippen LogP contribution in [0.15, 0.2) is 0 Å². The van der Waals surface area contributed by atoms with Crippen molar-refractivity contribution in [3.05, 3.63) is 0 Å². The molecule has 74 valence electrons. The molecule has 6 N–H and O–H groups in total. The summed E-state index contributed by atoms with van der Waals surface area (Å²) in [7, 11) is -4.20. The van der Waals surface area contributed by atoms with Gasteiger partial charge < -0.3 is 11.6 Å². The summed E-state index contributed by atoms with van der Waals surface area (Å²) in [5.41, 5.74) is 0. The Hall–Kier alpha value is 0.790. The van der Waals surface area contributed by atoms with E-state index in [2.05, 4.69) is 4.18 Å². The van der Waals surface area contributed by atoms with Crippen molar-refractivity contribution in [1.29, 1.82) is 0 Å². The van der Waals surface area contributed by atoms with E-state index >= 15 is 0 Å². The van der Waals surface area contributed by atoms with Crippen molar-refractivity contribution in [2.75, 3.05) is 6.61 Å². The molecule has 0 bridgehead atoms. The quantitative estimate of drug-likeness (QED) is 0.362. The van der Waals surface area contributed by atoms with Gasteiger partial charge in [0.25, 0.3) is 0 Å². The monoisotopic (exact) mass is 213 g/mol. The summed E-state index contributed by atoms with van der Waals surface area (Å²) in [6.45, 7) is 1.96. The molecule has 0 aliphatic rings. The predicted molar refractivity (Wildman–Crippen MR) is 48.2 cm³/mol. The third kappa shape index (κ3) is 22.4. The van der Waals surface area contributed by atoms with Gasteiger partial charge in [-0.05, 0) is 6.42 Å². The van der Waals surface area contributed by atoms with Gasteiger partial charge in [-0.15, -0.1) is 0 Å². The van der Waals surface area contributed by atoms with Crippen molar-refractivity contribution < 1.29 is 22.6 Å². The summed E-state index contributed by atoms with van der Waals surface area (Å²) in [4.78, 5) is 0. The molecule has 6 nitrogen and oxygen atoms in total. The molecule has 0 aliphatic heterocycles. The second kappa shape index (κ2) is 11.8. The van der Waals surface area contributed by atoms with Crippen LogP contribution in [0.1, 0.15) is 19.8 Å². The first-order chi connectivity index (χ1) is 4.06. The van der Waals surface area contributed by atoms with Gasteiger partial charge in [0.15, 0.2) is 0 Å². The van der Waals surface area contributed by atoms with Crippen LogP contribution in [0.3, 0.4) is 0 Å². The first-order valence-electron chi connectivity index (χ1n) is 2.68. The van der Waals surface area contributed by atoms with Gasteiger partial charge >= 0.3 is 40.0 Å². The molecule has 0 rings (SSSR count). The SMILES string of the molecule is CCCCOS(=O)(=O)O.N.O.[NaH]. The van der Waals surface area contributed by atoms with Gasteiger partial charge in [0.1, 0.15) is 0 Å². The maximum atomic E-state index is 9.84. The normalized spacial score (nSPS) is 8.83. The maximum absolute atomic E-state index is 9.84. The molecule has 0 unspecified atom stereocenters. The van der Waals surface area contributed by atoms with Crippen molar-refractivity contribution >= 4 is 40.0 Å². The molecule has 8 heteroatoms. The standard InChI is InChI=1S/C4H10O4S.H3N.Na.H2O.H/c1-2-3-4-8-9(5,6)7;;;;/h2-4H2,1H3,(H,5,6,7);1H3;;1H2;. The molecule has 0 fully saturated rings. The molecule has 0 amide bonds. The van der Waals surface area contributed by atoms with Crippen molar-refractivity contribution in [1.82, 2.24) is 6.15 Å². The van der Waals surface area contributed by atoms with E-state index in [1.54, 1.807) is 0 Å². The van der Waals surface area contributed by atoms with Crippen molar-refractivity contribution in [2.45, 2.75) is 19.8 Å². The molecule has 0 saturated carbocycles. The Bertz CT molecular complexity index is 159. The second-order valence-electron chi connectivity index (χ2n) is 1.60. The van der Waals surface area contributed by atoms with Crippen LogP contribution in [-0.4, -0.2) is 54.6 Å².